The summed E-state index contributed by atoms with van der Waals surface area (Å²) in [6, 6.07) is 5.93. The topological polar surface area (TPSA) is 67.4 Å². The third-order valence-electron chi connectivity index (χ3n) is 2.87. The van der Waals surface area contributed by atoms with Crippen LogP contribution in [0.15, 0.2) is 24.5 Å². The van der Waals surface area contributed by atoms with Gasteiger partial charge in [0.05, 0.1) is 11.9 Å². The van der Waals surface area contributed by atoms with Gasteiger partial charge in [-0.2, -0.15) is 5.26 Å². The van der Waals surface area contributed by atoms with Crippen LogP contribution < -0.4 is 0 Å². The molecule has 0 aliphatic carbocycles. The maximum atomic E-state index is 13.7. The van der Waals surface area contributed by atoms with Crippen LogP contribution in [-0.4, -0.2) is 19.5 Å². The average Bonchev–Trinajstić information content (AvgIpc) is 2.79. The fraction of sp³-hybridized carbons (Fsp3) is 0.0769. The Morgan fingerprint density at radius 2 is 2.15 bits per heavy atom. The molecule has 0 aliphatic heterocycles. The van der Waals surface area contributed by atoms with Crippen molar-refractivity contribution >= 4 is 22.9 Å². The quantitative estimate of drug-likeness (QED) is 0.690. The smallest absolute Gasteiger partial charge is 0.198 e. The molecule has 0 saturated heterocycles. The predicted octanol–water partition coefficient (Wildman–Crippen LogP) is 2.69. The fourth-order valence-electron chi connectivity index (χ4n) is 1.85. The van der Waals surface area contributed by atoms with E-state index < -0.39 is 5.82 Å². The average molecular weight is 288 g/mol. The summed E-state index contributed by atoms with van der Waals surface area (Å²) in [4.78, 5) is 12.6. The molecule has 3 rings (SSSR count). The highest BCUT2D eigenvalue weighted by atomic mass is 35.5. The Hall–Kier alpha value is -2.52. The number of nitrogens with zero attached hydrogens (tertiary/aromatic N) is 5. The van der Waals surface area contributed by atoms with Crippen molar-refractivity contribution < 1.29 is 4.39 Å². The SMILES string of the molecule is Cn1cnc2nc(-c3ccc(C#N)c(F)c3)c(Cl)nc21. The molecule has 3 aromatic rings. The Balaban J connectivity index is 2.21. The molecule has 0 N–H and O–H groups in total. The third kappa shape index (κ3) is 1.89. The maximum Gasteiger partial charge on any atom is 0.198 e. The van der Waals surface area contributed by atoms with Crippen molar-refractivity contribution in [3.05, 3.63) is 41.1 Å². The van der Waals surface area contributed by atoms with Crippen molar-refractivity contribution in [1.82, 2.24) is 19.5 Å². The second-order valence-electron chi connectivity index (χ2n) is 4.17. The maximum absolute atomic E-state index is 13.7. The number of aryl methyl sites for hydroxylation is 1. The van der Waals surface area contributed by atoms with Gasteiger partial charge in [-0.15, -0.1) is 0 Å². The number of hydrogen-bond donors (Lipinski definition) is 0. The molecule has 1 aromatic carbocycles. The van der Waals surface area contributed by atoms with Gasteiger partial charge >= 0.3 is 0 Å². The lowest BCUT2D eigenvalue weighted by Crippen LogP contribution is -1.95. The molecule has 20 heavy (non-hydrogen) atoms. The van der Waals surface area contributed by atoms with Gasteiger partial charge in [-0.3, -0.25) is 0 Å². The summed E-state index contributed by atoms with van der Waals surface area (Å²) in [6.45, 7) is 0. The zero-order valence-electron chi connectivity index (χ0n) is 10.3. The predicted molar refractivity (Wildman–Crippen MR) is 71.4 cm³/mol. The Morgan fingerprint density at radius 1 is 1.35 bits per heavy atom. The van der Waals surface area contributed by atoms with E-state index in [1.165, 1.54) is 12.1 Å². The van der Waals surface area contributed by atoms with Gasteiger partial charge in [0.1, 0.15) is 17.6 Å². The minimum atomic E-state index is -0.621. The summed E-state index contributed by atoms with van der Waals surface area (Å²) in [5.41, 5.74) is 1.73. The van der Waals surface area contributed by atoms with Crippen LogP contribution in [0.25, 0.3) is 22.6 Å². The zero-order valence-corrected chi connectivity index (χ0v) is 11.1. The van der Waals surface area contributed by atoms with Crippen LogP contribution in [0.2, 0.25) is 5.15 Å². The number of hydrogen-bond acceptors (Lipinski definition) is 4. The molecular weight excluding hydrogens is 281 g/mol. The van der Waals surface area contributed by atoms with Crippen LogP contribution in [0.5, 0.6) is 0 Å². The molecule has 0 aliphatic rings. The van der Waals surface area contributed by atoms with Crippen LogP contribution in [0.1, 0.15) is 5.56 Å². The van der Waals surface area contributed by atoms with Gasteiger partial charge in [-0.05, 0) is 12.1 Å². The van der Waals surface area contributed by atoms with E-state index in [1.807, 2.05) is 0 Å². The van der Waals surface area contributed by atoms with E-state index in [-0.39, 0.29) is 10.7 Å². The summed E-state index contributed by atoms with van der Waals surface area (Å²) in [5.74, 6) is -0.621. The molecule has 5 nitrogen and oxygen atoms in total. The summed E-state index contributed by atoms with van der Waals surface area (Å²) < 4.78 is 15.3. The first-order valence-electron chi connectivity index (χ1n) is 5.64. The molecule has 7 heteroatoms. The first-order valence-corrected chi connectivity index (χ1v) is 6.02. The number of aromatic nitrogens is 4. The van der Waals surface area contributed by atoms with Crippen molar-refractivity contribution in [1.29, 1.82) is 5.26 Å². The highest BCUT2D eigenvalue weighted by Crippen LogP contribution is 2.27. The second-order valence-corrected chi connectivity index (χ2v) is 4.53. The summed E-state index contributed by atoms with van der Waals surface area (Å²) in [5, 5.41) is 8.88. The van der Waals surface area contributed by atoms with Gasteiger partial charge in [0.15, 0.2) is 16.4 Å². The van der Waals surface area contributed by atoms with Crippen LogP contribution in [0.3, 0.4) is 0 Å². The zero-order chi connectivity index (χ0) is 14.3. The van der Waals surface area contributed by atoms with Crippen molar-refractivity contribution in [2.45, 2.75) is 0 Å². The van der Waals surface area contributed by atoms with Crippen LogP contribution in [-0.2, 0) is 7.05 Å². The van der Waals surface area contributed by atoms with Crippen molar-refractivity contribution in [2.24, 2.45) is 7.05 Å². The second kappa shape index (κ2) is 4.54. The van der Waals surface area contributed by atoms with Crippen LogP contribution in [0.4, 0.5) is 4.39 Å². The Morgan fingerprint density at radius 3 is 2.85 bits per heavy atom. The van der Waals surface area contributed by atoms with E-state index in [0.717, 1.165) is 0 Å². The minimum Gasteiger partial charge on any atom is -0.317 e. The molecule has 0 radical (unpaired) electrons. The molecule has 0 spiro atoms. The highest BCUT2D eigenvalue weighted by molar-refractivity contribution is 6.32. The van der Waals surface area contributed by atoms with E-state index in [2.05, 4.69) is 15.0 Å². The van der Waals surface area contributed by atoms with Gasteiger partial charge in [0, 0.05) is 12.6 Å². The molecule has 0 amide bonds. The molecule has 0 atom stereocenters. The molecule has 98 valence electrons. The number of rotatable bonds is 1. The van der Waals surface area contributed by atoms with Crippen LogP contribution in [0, 0.1) is 17.1 Å². The van der Waals surface area contributed by atoms with Gasteiger partial charge in [0.2, 0.25) is 0 Å². The van der Waals surface area contributed by atoms with Gasteiger partial charge in [-0.1, -0.05) is 17.7 Å². The lowest BCUT2D eigenvalue weighted by Gasteiger charge is -2.04. The molecule has 2 aromatic heterocycles. The number of fused-ring (bicyclic) bond motifs is 1. The van der Waals surface area contributed by atoms with E-state index in [9.17, 15) is 4.39 Å². The monoisotopic (exact) mass is 287 g/mol. The summed E-state index contributed by atoms with van der Waals surface area (Å²) in [7, 11) is 1.78. The fourth-order valence-corrected chi connectivity index (χ4v) is 2.09. The third-order valence-corrected chi connectivity index (χ3v) is 3.13. The Labute approximate surface area is 118 Å². The number of benzene rings is 1. The van der Waals surface area contributed by atoms with Crippen LogP contribution >= 0.6 is 11.6 Å². The van der Waals surface area contributed by atoms with Crippen molar-refractivity contribution in [2.75, 3.05) is 0 Å². The standard InChI is InChI=1S/C13H7ClFN5/c1-20-6-17-12-13(20)19-11(14)10(18-12)7-2-3-8(5-16)9(15)4-7/h2-4,6H,1H3. The first-order chi connectivity index (χ1) is 9.60. The molecule has 0 bridgehead atoms. The normalized spacial score (nSPS) is 10.7. The molecular formula is C13H7ClFN5. The van der Waals surface area contributed by atoms with Gasteiger partial charge < -0.3 is 4.57 Å². The van der Waals surface area contributed by atoms with Gasteiger partial charge in [-0.25, -0.2) is 19.3 Å². The van der Waals surface area contributed by atoms with Gasteiger partial charge in [0.25, 0.3) is 0 Å². The number of halogens is 2. The Kier molecular flexibility index (Phi) is 2.84. The summed E-state index contributed by atoms with van der Waals surface area (Å²) in [6.07, 6.45) is 1.57. The van der Waals surface area contributed by atoms with E-state index in [1.54, 1.807) is 30.1 Å². The number of imidazole rings is 1. The molecule has 0 fully saturated rings. The Bertz CT molecular complexity index is 865. The largest absolute Gasteiger partial charge is 0.317 e. The summed E-state index contributed by atoms with van der Waals surface area (Å²) >= 11 is 6.09. The number of nitriles is 1. The van der Waals surface area contributed by atoms with E-state index >= 15 is 0 Å². The lowest BCUT2D eigenvalue weighted by molar-refractivity contribution is 0.624. The van der Waals surface area contributed by atoms with Crippen molar-refractivity contribution in [3.63, 3.8) is 0 Å². The molecule has 0 saturated carbocycles. The molecule has 2 heterocycles. The van der Waals surface area contributed by atoms with E-state index in [4.69, 9.17) is 16.9 Å². The minimum absolute atomic E-state index is 0.0308. The lowest BCUT2D eigenvalue weighted by atomic mass is 10.1. The highest BCUT2D eigenvalue weighted by Gasteiger charge is 2.13. The van der Waals surface area contributed by atoms with E-state index in [0.29, 0.717) is 22.6 Å². The molecule has 0 unspecified atom stereocenters. The first kappa shape index (κ1) is 12.5. The van der Waals surface area contributed by atoms with Crippen molar-refractivity contribution in [3.8, 4) is 17.3 Å².